The number of carboxylic acids is 1. The topological polar surface area (TPSA) is 75.6 Å². The molecule has 1 aromatic rings. The van der Waals surface area contributed by atoms with Crippen LogP contribution in [0.25, 0.3) is 0 Å². The third-order valence-electron chi connectivity index (χ3n) is 3.08. The number of hydrogen-bond donors (Lipinski definition) is 2. The molecule has 102 valence electrons. The summed E-state index contributed by atoms with van der Waals surface area (Å²) in [4.78, 5) is 22.1. The van der Waals surface area contributed by atoms with E-state index >= 15 is 0 Å². The molecule has 0 heterocycles. The van der Waals surface area contributed by atoms with Gasteiger partial charge in [-0.15, -0.1) is 0 Å². The number of benzene rings is 1. The van der Waals surface area contributed by atoms with E-state index in [9.17, 15) is 9.59 Å². The fraction of sp³-hybridized carbons (Fsp3) is 0.429. The van der Waals surface area contributed by atoms with E-state index in [1.54, 1.807) is 0 Å². The van der Waals surface area contributed by atoms with E-state index in [0.717, 1.165) is 5.75 Å². The number of carbonyl (C=O) groups is 2. The second-order valence-electron chi connectivity index (χ2n) is 4.59. The number of nitrogens with one attached hydrogen (secondary N) is 1. The molecule has 0 bridgehead atoms. The summed E-state index contributed by atoms with van der Waals surface area (Å²) in [6, 6.07) is 9.47. The molecule has 1 amide bonds. The lowest BCUT2D eigenvalue weighted by atomic mass is 10.3. The van der Waals surface area contributed by atoms with Gasteiger partial charge in [-0.3, -0.25) is 9.59 Å². The highest BCUT2D eigenvalue weighted by Crippen LogP contribution is 2.38. The van der Waals surface area contributed by atoms with Crippen LogP contribution in [0.15, 0.2) is 30.3 Å². The molecule has 0 spiro atoms. The van der Waals surface area contributed by atoms with Gasteiger partial charge >= 0.3 is 5.97 Å². The third-order valence-corrected chi connectivity index (χ3v) is 3.08. The van der Waals surface area contributed by atoms with Crippen molar-refractivity contribution >= 4 is 11.9 Å². The highest BCUT2D eigenvalue weighted by atomic mass is 16.5. The molecule has 2 atom stereocenters. The molecule has 0 radical (unpaired) electrons. The Morgan fingerprint density at radius 3 is 2.63 bits per heavy atom. The van der Waals surface area contributed by atoms with E-state index in [1.807, 2.05) is 30.3 Å². The van der Waals surface area contributed by atoms with Crippen LogP contribution in [0.4, 0.5) is 0 Å². The maximum atomic E-state index is 11.5. The summed E-state index contributed by atoms with van der Waals surface area (Å²) < 4.78 is 5.48. The van der Waals surface area contributed by atoms with Crippen molar-refractivity contribution in [2.75, 3.05) is 13.2 Å². The van der Waals surface area contributed by atoms with Crippen molar-refractivity contribution in [3.8, 4) is 5.75 Å². The van der Waals surface area contributed by atoms with Crippen molar-refractivity contribution in [1.82, 2.24) is 5.32 Å². The van der Waals surface area contributed by atoms with E-state index in [1.165, 1.54) is 0 Å². The molecule has 2 N–H and O–H groups in total. The first-order valence-electron chi connectivity index (χ1n) is 6.37. The van der Waals surface area contributed by atoms with Crippen molar-refractivity contribution in [2.45, 2.75) is 12.8 Å². The van der Waals surface area contributed by atoms with Crippen LogP contribution in [0.2, 0.25) is 0 Å². The Labute approximate surface area is 111 Å². The van der Waals surface area contributed by atoms with E-state index < -0.39 is 11.9 Å². The molecule has 1 aliphatic rings. The Morgan fingerprint density at radius 2 is 2.00 bits per heavy atom. The normalized spacial score (nSPS) is 20.6. The summed E-state index contributed by atoms with van der Waals surface area (Å²) in [5.41, 5.74) is 0. The number of para-hydroxylation sites is 1. The molecule has 5 nitrogen and oxygen atoms in total. The van der Waals surface area contributed by atoms with Crippen molar-refractivity contribution in [3.63, 3.8) is 0 Å². The number of ether oxygens (including phenoxy) is 1. The number of amides is 1. The van der Waals surface area contributed by atoms with Crippen LogP contribution < -0.4 is 10.1 Å². The third kappa shape index (κ3) is 3.98. The summed E-state index contributed by atoms with van der Waals surface area (Å²) in [5, 5.41) is 11.4. The number of rotatable bonds is 7. The molecule has 1 aliphatic carbocycles. The summed E-state index contributed by atoms with van der Waals surface area (Å²) in [6.07, 6.45) is 1.16. The molecule has 1 aromatic carbocycles. The second kappa shape index (κ2) is 6.22. The molecule has 1 fully saturated rings. The number of aliphatic carboxylic acids is 1. The molecule has 0 saturated heterocycles. The van der Waals surface area contributed by atoms with Crippen LogP contribution >= 0.6 is 0 Å². The van der Waals surface area contributed by atoms with E-state index in [-0.39, 0.29) is 11.8 Å². The fourth-order valence-corrected chi connectivity index (χ4v) is 1.88. The van der Waals surface area contributed by atoms with Crippen LogP contribution in [0.5, 0.6) is 5.75 Å². The monoisotopic (exact) mass is 263 g/mol. The predicted molar refractivity (Wildman–Crippen MR) is 68.8 cm³/mol. The molecule has 0 aromatic heterocycles. The van der Waals surface area contributed by atoms with Crippen LogP contribution in [-0.2, 0) is 9.59 Å². The van der Waals surface area contributed by atoms with E-state index in [2.05, 4.69) is 5.32 Å². The summed E-state index contributed by atoms with van der Waals surface area (Å²) in [7, 11) is 0. The SMILES string of the molecule is O=C(NCCCOc1ccccc1)[C@H]1C[C@H]1C(=O)O. The van der Waals surface area contributed by atoms with E-state index in [4.69, 9.17) is 9.84 Å². The van der Waals surface area contributed by atoms with Crippen molar-refractivity contribution < 1.29 is 19.4 Å². The standard InChI is InChI=1S/C14H17NO4/c16-13(11-9-12(11)14(17)18)15-7-4-8-19-10-5-2-1-3-6-10/h1-3,5-6,11-12H,4,7-9H2,(H,15,16)(H,17,18)/t11-,12+/m0/s1. The van der Waals surface area contributed by atoms with Crippen LogP contribution in [0.1, 0.15) is 12.8 Å². The van der Waals surface area contributed by atoms with Gasteiger partial charge in [0.2, 0.25) is 5.91 Å². The Hall–Kier alpha value is -2.04. The van der Waals surface area contributed by atoms with Crippen molar-refractivity contribution in [3.05, 3.63) is 30.3 Å². The molecule has 19 heavy (non-hydrogen) atoms. The molecule has 5 heteroatoms. The number of carbonyl (C=O) groups excluding carboxylic acids is 1. The first kappa shape index (κ1) is 13.4. The fourth-order valence-electron chi connectivity index (χ4n) is 1.88. The van der Waals surface area contributed by atoms with Crippen molar-refractivity contribution in [1.29, 1.82) is 0 Å². The largest absolute Gasteiger partial charge is 0.494 e. The van der Waals surface area contributed by atoms with Gasteiger partial charge in [0.1, 0.15) is 5.75 Å². The highest BCUT2D eigenvalue weighted by Gasteiger charge is 2.48. The lowest BCUT2D eigenvalue weighted by molar-refractivity contribution is -0.140. The minimum atomic E-state index is -0.882. The predicted octanol–water partition coefficient (Wildman–Crippen LogP) is 1.29. The summed E-state index contributed by atoms with van der Waals surface area (Å²) in [6.45, 7) is 1.03. The van der Waals surface area contributed by atoms with Gasteiger partial charge in [0.25, 0.3) is 0 Å². The first-order valence-corrected chi connectivity index (χ1v) is 6.37. The lowest BCUT2D eigenvalue weighted by Crippen LogP contribution is -2.28. The minimum absolute atomic E-state index is 0.160. The minimum Gasteiger partial charge on any atom is -0.494 e. The summed E-state index contributed by atoms with van der Waals surface area (Å²) in [5.74, 6) is -1.06. The molecular formula is C14H17NO4. The smallest absolute Gasteiger partial charge is 0.307 e. The maximum absolute atomic E-state index is 11.5. The van der Waals surface area contributed by atoms with Crippen LogP contribution in [0, 0.1) is 11.8 Å². The number of hydrogen-bond acceptors (Lipinski definition) is 3. The van der Waals surface area contributed by atoms with Gasteiger partial charge in [0.15, 0.2) is 0 Å². The van der Waals surface area contributed by atoms with Crippen LogP contribution in [-0.4, -0.2) is 30.1 Å². The Kier molecular flexibility index (Phi) is 4.39. The van der Waals surface area contributed by atoms with Gasteiger partial charge in [0.05, 0.1) is 18.4 Å². The Morgan fingerprint density at radius 1 is 1.26 bits per heavy atom. The quantitative estimate of drug-likeness (QED) is 0.727. The van der Waals surface area contributed by atoms with Gasteiger partial charge in [-0.2, -0.15) is 0 Å². The van der Waals surface area contributed by atoms with Crippen LogP contribution in [0.3, 0.4) is 0 Å². The summed E-state index contributed by atoms with van der Waals surface area (Å²) >= 11 is 0. The molecule has 2 rings (SSSR count). The Balaban J connectivity index is 1.55. The average Bonchev–Trinajstić information content (AvgIpc) is 3.20. The van der Waals surface area contributed by atoms with Gasteiger partial charge in [-0.25, -0.2) is 0 Å². The zero-order valence-corrected chi connectivity index (χ0v) is 10.5. The Bertz CT molecular complexity index is 446. The van der Waals surface area contributed by atoms with E-state index in [0.29, 0.717) is 26.0 Å². The number of carboxylic acid groups (broad SMARTS) is 1. The van der Waals surface area contributed by atoms with Gasteiger partial charge in [0, 0.05) is 6.54 Å². The highest BCUT2D eigenvalue weighted by molar-refractivity contribution is 5.89. The van der Waals surface area contributed by atoms with Gasteiger partial charge in [-0.05, 0) is 25.0 Å². The molecular weight excluding hydrogens is 246 g/mol. The first-order chi connectivity index (χ1) is 9.18. The van der Waals surface area contributed by atoms with Gasteiger partial charge < -0.3 is 15.2 Å². The van der Waals surface area contributed by atoms with Crippen molar-refractivity contribution in [2.24, 2.45) is 11.8 Å². The molecule has 0 aliphatic heterocycles. The zero-order chi connectivity index (χ0) is 13.7. The van der Waals surface area contributed by atoms with Gasteiger partial charge in [-0.1, -0.05) is 18.2 Å². The average molecular weight is 263 g/mol. The lowest BCUT2D eigenvalue weighted by Gasteiger charge is -2.07. The molecule has 1 saturated carbocycles. The maximum Gasteiger partial charge on any atom is 0.307 e. The molecule has 0 unspecified atom stereocenters. The zero-order valence-electron chi connectivity index (χ0n) is 10.5. The second-order valence-corrected chi connectivity index (χ2v) is 4.59.